The molecule has 0 atom stereocenters. The molecule has 130 valence electrons. The maximum Gasteiger partial charge on any atom is 0.275 e. The van der Waals surface area contributed by atoms with Crippen LogP contribution in [0.5, 0.6) is 0 Å². The number of amides is 1. The molecule has 8 heteroatoms. The van der Waals surface area contributed by atoms with Crippen LogP contribution in [0, 0.1) is 6.92 Å². The maximum atomic E-state index is 12.4. The van der Waals surface area contributed by atoms with E-state index in [9.17, 15) is 18.0 Å². The Morgan fingerprint density at radius 3 is 2.39 bits per heavy atom. The summed E-state index contributed by atoms with van der Waals surface area (Å²) in [7, 11) is -3.55. The number of hydrogen-bond acceptors (Lipinski definition) is 4. The largest absolute Gasteiger partial charge is 0.350 e. The highest BCUT2D eigenvalue weighted by atomic mass is 32.2. The number of aromatic nitrogens is 1. The van der Waals surface area contributed by atoms with Gasteiger partial charge in [0.25, 0.3) is 5.56 Å². The first-order valence-corrected chi connectivity index (χ1v) is 9.18. The number of anilines is 1. The number of aryl methyl sites for hydroxylation is 1. The molecule has 1 heterocycles. The molecule has 0 aliphatic carbocycles. The van der Waals surface area contributed by atoms with Gasteiger partial charge in [-0.15, -0.1) is 0 Å². The minimum Gasteiger partial charge on any atom is -0.350 e. The van der Waals surface area contributed by atoms with Crippen molar-refractivity contribution in [1.82, 2.24) is 9.88 Å². The zero-order valence-corrected chi connectivity index (χ0v) is 15.1. The predicted molar refractivity (Wildman–Crippen MR) is 91.0 cm³/mol. The molecule has 0 saturated heterocycles. The van der Waals surface area contributed by atoms with Crippen LogP contribution in [-0.4, -0.2) is 30.2 Å². The molecule has 0 radical (unpaired) electrons. The third kappa shape index (κ3) is 5.38. The Kier molecular flexibility index (Phi) is 5.98. The average molecular weight is 343 g/mol. The van der Waals surface area contributed by atoms with Crippen molar-refractivity contribution in [2.24, 2.45) is 0 Å². The summed E-state index contributed by atoms with van der Waals surface area (Å²) in [6, 6.07) is 3.02. The second kappa shape index (κ2) is 7.16. The molecular weight excluding hydrogens is 318 g/mol. The molecule has 1 rings (SSSR count). The van der Waals surface area contributed by atoms with Crippen LogP contribution >= 0.6 is 0 Å². The van der Waals surface area contributed by atoms with Crippen molar-refractivity contribution in [3.05, 3.63) is 28.2 Å². The molecule has 0 aliphatic heterocycles. The van der Waals surface area contributed by atoms with Gasteiger partial charge in [0.2, 0.25) is 15.9 Å². The summed E-state index contributed by atoms with van der Waals surface area (Å²) in [4.78, 5) is 24.5. The maximum absolute atomic E-state index is 12.4. The monoisotopic (exact) mass is 343 g/mol. The summed E-state index contributed by atoms with van der Waals surface area (Å²) in [6.45, 7) is 8.76. The zero-order valence-electron chi connectivity index (χ0n) is 14.3. The molecule has 0 fully saturated rings. The zero-order chi connectivity index (χ0) is 17.8. The minimum atomic E-state index is -3.55. The summed E-state index contributed by atoms with van der Waals surface area (Å²) in [5.41, 5.74) is -0.374. The molecule has 0 aliphatic rings. The van der Waals surface area contributed by atoms with E-state index in [1.54, 1.807) is 13.0 Å². The second-order valence-electron chi connectivity index (χ2n) is 6.07. The van der Waals surface area contributed by atoms with Gasteiger partial charge in [-0.05, 0) is 46.2 Å². The number of nitrogens with one attached hydrogen (secondary N) is 2. The van der Waals surface area contributed by atoms with E-state index < -0.39 is 15.6 Å². The molecule has 1 amide bonds. The predicted octanol–water partition coefficient (Wildman–Crippen LogP) is 1.22. The van der Waals surface area contributed by atoms with Gasteiger partial charge in [-0.25, -0.2) is 8.42 Å². The van der Waals surface area contributed by atoms with Gasteiger partial charge in [0.05, 0.1) is 5.75 Å². The second-order valence-corrected chi connectivity index (χ2v) is 8.08. The summed E-state index contributed by atoms with van der Waals surface area (Å²) in [5.74, 6) is -0.427. The third-order valence-corrected chi connectivity index (χ3v) is 4.99. The van der Waals surface area contributed by atoms with Gasteiger partial charge in [-0.3, -0.25) is 14.3 Å². The summed E-state index contributed by atoms with van der Waals surface area (Å²) in [5, 5.41) is 2.85. The molecule has 2 N–H and O–H groups in total. The lowest BCUT2D eigenvalue weighted by Crippen LogP contribution is -2.45. The lowest BCUT2D eigenvalue weighted by Gasteiger charge is -2.25. The Balaban J connectivity index is 3.09. The molecule has 7 nitrogen and oxygen atoms in total. The van der Waals surface area contributed by atoms with Crippen LogP contribution in [0.3, 0.4) is 0 Å². The van der Waals surface area contributed by atoms with E-state index in [0.29, 0.717) is 5.69 Å². The molecule has 0 bridgehead atoms. The third-order valence-electron chi connectivity index (χ3n) is 3.70. The van der Waals surface area contributed by atoms with E-state index in [1.165, 1.54) is 17.6 Å². The molecule has 0 spiro atoms. The standard InChI is InChI=1S/C15H25N3O4S/c1-6-15(4,5)16-13(19)10-18-11(3)8-9-12(14(18)20)17-23(21,22)7-2/h8-9,17H,6-7,10H2,1-5H3,(H,16,19). The van der Waals surface area contributed by atoms with Gasteiger partial charge in [0, 0.05) is 11.2 Å². The van der Waals surface area contributed by atoms with E-state index in [0.717, 1.165) is 6.42 Å². The molecule has 1 aromatic rings. The quantitative estimate of drug-likeness (QED) is 0.778. The Morgan fingerprint density at radius 1 is 1.26 bits per heavy atom. The number of nitrogens with zero attached hydrogens (tertiary/aromatic N) is 1. The van der Waals surface area contributed by atoms with Crippen LogP contribution in [0.15, 0.2) is 16.9 Å². The first-order valence-electron chi connectivity index (χ1n) is 7.53. The van der Waals surface area contributed by atoms with Crippen molar-refractivity contribution >= 4 is 21.6 Å². The van der Waals surface area contributed by atoms with E-state index in [-0.39, 0.29) is 29.4 Å². The van der Waals surface area contributed by atoms with Gasteiger partial charge in [-0.1, -0.05) is 6.92 Å². The number of rotatable bonds is 7. The van der Waals surface area contributed by atoms with Crippen LogP contribution in [-0.2, 0) is 21.4 Å². The lowest BCUT2D eigenvalue weighted by atomic mass is 10.0. The fourth-order valence-corrected chi connectivity index (χ4v) is 2.47. The van der Waals surface area contributed by atoms with Crippen molar-refractivity contribution in [2.45, 2.75) is 53.1 Å². The van der Waals surface area contributed by atoms with Crippen molar-refractivity contribution in [3.63, 3.8) is 0 Å². The Hall–Kier alpha value is -1.83. The average Bonchev–Trinajstić information content (AvgIpc) is 2.46. The molecular formula is C15H25N3O4S. The van der Waals surface area contributed by atoms with E-state index in [4.69, 9.17) is 0 Å². The highest BCUT2D eigenvalue weighted by Gasteiger charge is 2.19. The fourth-order valence-electron chi connectivity index (χ4n) is 1.83. The van der Waals surface area contributed by atoms with Crippen molar-refractivity contribution in [1.29, 1.82) is 0 Å². The number of carbonyl (C=O) groups is 1. The van der Waals surface area contributed by atoms with Crippen LogP contribution in [0.4, 0.5) is 5.69 Å². The fraction of sp³-hybridized carbons (Fsp3) is 0.600. The van der Waals surface area contributed by atoms with Gasteiger partial charge in [0.1, 0.15) is 12.2 Å². The van der Waals surface area contributed by atoms with Gasteiger partial charge < -0.3 is 9.88 Å². The Bertz CT molecular complexity index is 736. The van der Waals surface area contributed by atoms with Crippen LogP contribution in [0.1, 0.15) is 39.8 Å². The van der Waals surface area contributed by atoms with Gasteiger partial charge in [0.15, 0.2) is 0 Å². The SMILES string of the molecule is CCC(C)(C)NC(=O)Cn1c(C)ccc(NS(=O)(=O)CC)c1=O. The molecule has 0 saturated carbocycles. The number of hydrogen-bond donors (Lipinski definition) is 2. The van der Waals surface area contributed by atoms with Gasteiger partial charge in [-0.2, -0.15) is 0 Å². The molecule has 0 aromatic carbocycles. The van der Waals surface area contributed by atoms with Gasteiger partial charge >= 0.3 is 0 Å². The molecule has 1 aromatic heterocycles. The Labute approximate surface area is 137 Å². The van der Waals surface area contributed by atoms with E-state index >= 15 is 0 Å². The number of carbonyl (C=O) groups excluding carboxylic acids is 1. The summed E-state index contributed by atoms with van der Waals surface area (Å²) in [6.07, 6.45) is 0.753. The number of sulfonamides is 1. The topological polar surface area (TPSA) is 97.3 Å². The smallest absolute Gasteiger partial charge is 0.275 e. The van der Waals surface area contributed by atoms with Crippen molar-refractivity contribution in [3.8, 4) is 0 Å². The van der Waals surface area contributed by atoms with Crippen LogP contribution in [0.25, 0.3) is 0 Å². The Morgan fingerprint density at radius 2 is 1.87 bits per heavy atom. The van der Waals surface area contributed by atoms with Crippen LogP contribution in [0.2, 0.25) is 0 Å². The normalized spacial score (nSPS) is 12.0. The van der Waals surface area contributed by atoms with E-state index in [2.05, 4.69) is 10.0 Å². The highest BCUT2D eigenvalue weighted by Crippen LogP contribution is 2.08. The number of pyridine rings is 1. The molecule has 23 heavy (non-hydrogen) atoms. The highest BCUT2D eigenvalue weighted by molar-refractivity contribution is 7.92. The first kappa shape index (κ1) is 19.2. The van der Waals surface area contributed by atoms with Crippen molar-refractivity contribution < 1.29 is 13.2 Å². The van der Waals surface area contributed by atoms with Crippen molar-refractivity contribution in [2.75, 3.05) is 10.5 Å². The van der Waals surface area contributed by atoms with Crippen LogP contribution < -0.4 is 15.6 Å². The van der Waals surface area contributed by atoms with E-state index in [1.807, 2.05) is 20.8 Å². The lowest BCUT2D eigenvalue weighted by molar-refractivity contribution is -0.123. The summed E-state index contributed by atoms with van der Waals surface area (Å²) >= 11 is 0. The summed E-state index contributed by atoms with van der Waals surface area (Å²) < 4.78 is 26.8. The molecule has 0 unspecified atom stereocenters. The minimum absolute atomic E-state index is 0.0556. The first-order chi connectivity index (χ1) is 10.5.